The monoisotopic (exact) mass is 402 g/mol. The van der Waals surface area contributed by atoms with Crippen molar-refractivity contribution in [1.29, 1.82) is 0 Å². The van der Waals surface area contributed by atoms with Crippen LogP contribution in [0.3, 0.4) is 0 Å². The molecule has 0 saturated heterocycles. The molecular formula is C17H23ClN2O5S. The highest BCUT2D eigenvalue weighted by Gasteiger charge is 2.23. The van der Waals surface area contributed by atoms with Gasteiger partial charge in [-0.3, -0.25) is 9.59 Å². The molecule has 1 aromatic rings. The predicted molar refractivity (Wildman–Crippen MR) is 102 cm³/mol. The topological polar surface area (TPSA) is 93.7 Å². The quantitative estimate of drug-likeness (QED) is 0.430. The van der Waals surface area contributed by atoms with Gasteiger partial charge in [0.1, 0.15) is 6.04 Å². The molecule has 0 spiro atoms. The molecule has 9 heteroatoms. The van der Waals surface area contributed by atoms with E-state index in [0.717, 1.165) is 0 Å². The third kappa shape index (κ3) is 8.55. The number of thioether (sulfide) groups is 1. The first-order valence-electron chi connectivity index (χ1n) is 7.95. The Hall–Kier alpha value is -1.77. The fraction of sp³-hybridized carbons (Fsp3) is 0.471. The lowest BCUT2D eigenvalue weighted by atomic mass is 10.1. The van der Waals surface area contributed by atoms with Gasteiger partial charge in [-0.15, -0.1) is 0 Å². The van der Waals surface area contributed by atoms with E-state index >= 15 is 0 Å². The van der Waals surface area contributed by atoms with Crippen molar-refractivity contribution in [1.82, 2.24) is 10.6 Å². The van der Waals surface area contributed by atoms with E-state index in [1.54, 1.807) is 36.0 Å². The summed E-state index contributed by atoms with van der Waals surface area (Å²) in [6.45, 7) is 0.290. The zero-order chi connectivity index (χ0) is 19.4. The Balaban J connectivity index is 2.58. The molecule has 0 aliphatic heterocycles. The lowest BCUT2D eigenvalue weighted by Gasteiger charge is -2.17. The maximum Gasteiger partial charge on any atom is 0.329 e. The van der Waals surface area contributed by atoms with Gasteiger partial charge in [-0.05, 0) is 42.7 Å². The zero-order valence-electron chi connectivity index (χ0n) is 14.7. The second kappa shape index (κ2) is 12.6. The van der Waals surface area contributed by atoms with Crippen LogP contribution in [-0.2, 0) is 19.1 Å². The van der Waals surface area contributed by atoms with Gasteiger partial charge in [0, 0.05) is 24.2 Å². The highest BCUT2D eigenvalue weighted by molar-refractivity contribution is 7.98. The maximum atomic E-state index is 12.3. The SMILES string of the molecule is COCCNC(=O)COC(=O)[C@H](CCSC)NC(=O)c1ccc(Cl)cc1. The third-order valence-electron chi connectivity index (χ3n) is 3.28. The van der Waals surface area contributed by atoms with Crippen molar-refractivity contribution in [2.24, 2.45) is 0 Å². The van der Waals surface area contributed by atoms with Gasteiger partial charge in [0.2, 0.25) is 0 Å². The number of benzene rings is 1. The van der Waals surface area contributed by atoms with Crippen molar-refractivity contribution >= 4 is 41.1 Å². The number of carbonyl (C=O) groups excluding carboxylic acids is 3. The van der Waals surface area contributed by atoms with E-state index in [0.29, 0.717) is 35.9 Å². The zero-order valence-corrected chi connectivity index (χ0v) is 16.3. The Morgan fingerprint density at radius 3 is 2.54 bits per heavy atom. The summed E-state index contributed by atoms with van der Waals surface area (Å²) < 4.78 is 9.83. The highest BCUT2D eigenvalue weighted by Crippen LogP contribution is 2.10. The standard InChI is InChI=1S/C17H23ClN2O5S/c1-24-9-8-19-15(21)11-25-17(23)14(7-10-26-2)20-16(22)12-3-5-13(18)6-4-12/h3-6,14H,7-11H2,1-2H3,(H,19,21)(H,20,22)/t14-/m0/s1. The van der Waals surface area contributed by atoms with E-state index in [2.05, 4.69) is 10.6 Å². The molecule has 0 aromatic heterocycles. The fourth-order valence-corrected chi connectivity index (χ4v) is 2.51. The molecule has 0 aliphatic rings. The van der Waals surface area contributed by atoms with Gasteiger partial charge in [0.25, 0.3) is 11.8 Å². The molecule has 0 fully saturated rings. The van der Waals surface area contributed by atoms with Crippen LogP contribution >= 0.6 is 23.4 Å². The largest absolute Gasteiger partial charge is 0.454 e. The predicted octanol–water partition coefficient (Wildman–Crippen LogP) is 1.50. The van der Waals surface area contributed by atoms with Gasteiger partial charge in [0.05, 0.1) is 6.61 Å². The van der Waals surface area contributed by atoms with E-state index in [1.165, 1.54) is 7.11 Å². The van der Waals surface area contributed by atoms with E-state index in [-0.39, 0.29) is 0 Å². The Labute approximate surface area is 162 Å². The lowest BCUT2D eigenvalue weighted by Crippen LogP contribution is -2.43. The van der Waals surface area contributed by atoms with Gasteiger partial charge in [0.15, 0.2) is 6.61 Å². The third-order valence-corrected chi connectivity index (χ3v) is 4.18. The number of halogens is 1. The van der Waals surface area contributed by atoms with Gasteiger partial charge in [-0.1, -0.05) is 11.6 Å². The van der Waals surface area contributed by atoms with Gasteiger partial charge >= 0.3 is 5.97 Å². The fourth-order valence-electron chi connectivity index (χ4n) is 1.91. The first-order valence-corrected chi connectivity index (χ1v) is 9.72. The van der Waals surface area contributed by atoms with Crippen LogP contribution in [0.2, 0.25) is 5.02 Å². The first kappa shape index (κ1) is 22.3. The molecular weight excluding hydrogens is 380 g/mol. The number of rotatable bonds is 11. The first-order chi connectivity index (χ1) is 12.5. The lowest BCUT2D eigenvalue weighted by molar-refractivity contribution is -0.150. The van der Waals surface area contributed by atoms with Crippen LogP contribution in [0.1, 0.15) is 16.8 Å². The summed E-state index contributed by atoms with van der Waals surface area (Å²) in [5.41, 5.74) is 0.383. The van der Waals surface area contributed by atoms with Crippen molar-refractivity contribution in [3.8, 4) is 0 Å². The van der Waals surface area contributed by atoms with Crippen molar-refractivity contribution in [3.63, 3.8) is 0 Å². The molecule has 0 unspecified atom stereocenters. The number of hydrogen-bond acceptors (Lipinski definition) is 6. The molecule has 0 bridgehead atoms. The minimum absolute atomic E-state index is 0.329. The van der Waals surface area contributed by atoms with Crippen LogP contribution in [0.4, 0.5) is 0 Å². The number of nitrogens with one attached hydrogen (secondary N) is 2. The number of hydrogen-bond donors (Lipinski definition) is 2. The van der Waals surface area contributed by atoms with Crippen LogP contribution in [0.5, 0.6) is 0 Å². The molecule has 2 amide bonds. The van der Waals surface area contributed by atoms with Crippen molar-refractivity contribution in [2.75, 3.05) is 38.9 Å². The Morgan fingerprint density at radius 2 is 1.92 bits per heavy atom. The average molecular weight is 403 g/mol. The minimum atomic E-state index is -0.836. The van der Waals surface area contributed by atoms with Crippen LogP contribution in [0.25, 0.3) is 0 Å². The number of esters is 1. The number of carbonyl (C=O) groups is 3. The summed E-state index contributed by atoms with van der Waals surface area (Å²) in [5.74, 6) is -0.832. The van der Waals surface area contributed by atoms with E-state index in [4.69, 9.17) is 21.1 Å². The normalized spacial score (nSPS) is 11.5. The molecule has 0 radical (unpaired) electrons. The summed E-state index contributed by atoms with van der Waals surface area (Å²) in [6, 6.07) is 5.49. The molecule has 1 aromatic carbocycles. The molecule has 0 heterocycles. The molecule has 7 nitrogen and oxygen atoms in total. The van der Waals surface area contributed by atoms with Gasteiger partial charge in [-0.25, -0.2) is 4.79 Å². The molecule has 1 rings (SSSR count). The van der Waals surface area contributed by atoms with Crippen LogP contribution in [-0.4, -0.2) is 62.7 Å². The smallest absolute Gasteiger partial charge is 0.329 e. The van der Waals surface area contributed by atoms with Crippen molar-refractivity contribution in [3.05, 3.63) is 34.9 Å². The molecule has 26 heavy (non-hydrogen) atoms. The summed E-state index contributed by atoms with van der Waals surface area (Å²) in [4.78, 5) is 36.1. The molecule has 0 aliphatic carbocycles. The molecule has 2 N–H and O–H groups in total. The van der Waals surface area contributed by atoms with E-state index < -0.39 is 30.4 Å². The number of methoxy groups -OCH3 is 1. The summed E-state index contributed by atoms with van der Waals surface area (Å²) in [5, 5.41) is 5.70. The second-order valence-corrected chi connectivity index (χ2v) is 6.69. The minimum Gasteiger partial charge on any atom is -0.454 e. The van der Waals surface area contributed by atoms with Gasteiger partial charge in [-0.2, -0.15) is 11.8 Å². The van der Waals surface area contributed by atoms with Crippen LogP contribution < -0.4 is 10.6 Å². The summed E-state index contributed by atoms with van der Waals surface area (Å²) in [7, 11) is 1.52. The van der Waals surface area contributed by atoms with E-state index in [9.17, 15) is 14.4 Å². The maximum absolute atomic E-state index is 12.3. The Morgan fingerprint density at radius 1 is 1.23 bits per heavy atom. The average Bonchev–Trinajstić information content (AvgIpc) is 2.63. The number of ether oxygens (including phenoxy) is 2. The summed E-state index contributed by atoms with van der Waals surface area (Å²) in [6.07, 6.45) is 2.29. The van der Waals surface area contributed by atoms with Crippen LogP contribution in [0, 0.1) is 0 Å². The second-order valence-electron chi connectivity index (χ2n) is 5.26. The molecule has 0 saturated carbocycles. The summed E-state index contributed by atoms with van der Waals surface area (Å²) >= 11 is 7.34. The van der Waals surface area contributed by atoms with Gasteiger partial charge < -0.3 is 20.1 Å². The van der Waals surface area contributed by atoms with Crippen LogP contribution in [0.15, 0.2) is 24.3 Å². The number of amides is 2. The Bertz CT molecular complexity index is 597. The molecule has 144 valence electrons. The highest BCUT2D eigenvalue weighted by atomic mass is 35.5. The molecule has 1 atom stereocenters. The van der Waals surface area contributed by atoms with Crippen molar-refractivity contribution in [2.45, 2.75) is 12.5 Å². The van der Waals surface area contributed by atoms with E-state index in [1.807, 2.05) is 6.26 Å². The Kier molecular flexibility index (Phi) is 10.8. The van der Waals surface area contributed by atoms with Crippen molar-refractivity contribution < 1.29 is 23.9 Å².